The van der Waals surface area contributed by atoms with Crippen LogP contribution in [-0.4, -0.2) is 22.0 Å². The van der Waals surface area contributed by atoms with Crippen molar-refractivity contribution in [2.75, 3.05) is 5.32 Å². The third-order valence-corrected chi connectivity index (χ3v) is 3.24. The molecule has 0 fully saturated rings. The molecule has 1 aromatic heterocycles. The molecule has 0 atom stereocenters. The topological polar surface area (TPSA) is 103 Å². The average Bonchev–Trinajstić information content (AvgIpc) is 2.49. The second-order valence-electron chi connectivity index (χ2n) is 4.00. The predicted molar refractivity (Wildman–Crippen MR) is 78.0 cm³/mol. The third-order valence-electron chi connectivity index (χ3n) is 2.59. The molecule has 0 radical (unpaired) electrons. The number of pyridine rings is 1. The lowest BCUT2D eigenvalue weighted by Crippen LogP contribution is -2.13. The maximum Gasteiger partial charge on any atom is 0.354 e. The van der Waals surface area contributed by atoms with Gasteiger partial charge in [-0.1, -0.05) is 0 Å². The van der Waals surface area contributed by atoms with Crippen LogP contribution in [0.3, 0.4) is 0 Å². The molecule has 6 nitrogen and oxygen atoms in total. The summed E-state index contributed by atoms with van der Waals surface area (Å²) in [5, 5.41) is 20.3. The first-order valence-corrected chi connectivity index (χ1v) is 6.51. The van der Waals surface area contributed by atoms with Gasteiger partial charge in [-0.15, -0.1) is 0 Å². The number of aromatic nitrogens is 1. The Hall–Kier alpha value is -2.72. The molecule has 0 bridgehead atoms. The van der Waals surface area contributed by atoms with Crippen molar-refractivity contribution in [2.45, 2.75) is 0 Å². The lowest BCUT2D eigenvalue weighted by molar-refractivity contribution is 0.0690. The largest absolute Gasteiger partial charge is 0.477 e. The van der Waals surface area contributed by atoms with E-state index in [0.717, 1.165) is 0 Å². The van der Waals surface area contributed by atoms with E-state index in [0.29, 0.717) is 15.7 Å². The molecule has 104 valence electrons. The molecule has 2 aromatic rings. The van der Waals surface area contributed by atoms with Gasteiger partial charge in [-0.25, -0.2) is 9.78 Å². The van der Waals surface area contributed by atoms with Crippen molar-refractivity contribution in [2.24, 2.45) is 0 Å². The van der Waals surface area contributed by atoms with Crippen LogP contribution < -0.4 is 5.32 Å². The maximum atomic E-state index is 12.1. The molecule has 0 aliphatic heterocycles. The standard InChI is InChI=1S/C14H8BrN3O3/c15-10-5-8(7-16)1-2-11(10)18-13(19)9-3-4-17-12(6-9)14(20)21/h1-6H,(H,18,19)(H,20,21). The Kier molecular flexibility index (Phi) is 4.30. The molecule has 0 aliphatic rings. The lowest BCUT2D eigenvalue weighted by Gasteiger charge is -2.08. The van der Waals surface area contributed by atoms with Gasteiger partial charge in [0.15, 0.2) is 0 Å². The quantitative estimate of drug-likeness (QED) is 0.889. The van der Waals surface area contributed by atoms with Gasteiger partial charge < -0.3 is 10.4 Å². The Morgan fingerprint density at radius 1 is 1.29 bits per heavy atom. The number of nitrogens with zero attached hydrogens (tertiary/aromatic N) is 2. The molecule has 2 N–H and O–H groups in total. The predicted octanol–water partition coefficient (Wildman–Crippen LogP) is 2.67. The van der Waals surface area contributed by atoms with Crippen molar-refractivity contribution in [1.82, 2.24) is 4.98 Å². The minimum absolute atomic E-state index is 0.179. The number of benzene rings is 1. The first kappa shape index (κ1) is 14.7. The van der Waals surface area contributed by atoms with Gasteiger partial charge in [-0.05, 0) is 46.3 Å². The number of aromatic carboxylic acids is 1. The van der Waals surface area contributed by atoms with Crippen LogP contribution in [0.25, 0.3) is 0 Å². The minimum Gasteiger partial charge on any atom is -0.477 e. The van der Waals surface area contributed by atoms with Crippen molar-refractivity contribution in [3.8, 4) is 6.07 Å². The van der Waals surface area contributed by atoms with Crippen LogP contribution >= 0.6 is 15.9 Å². The molecule has 0 aliphatic carbocycles. The van der Waals surface area contributed by atoms with E-state index in [4.69, 9.17) is 10.4 Å². The lowest BCUT2D eigenvalue weighted by atomic mass is 10.2. The molecule has 1 amide bonds. The zero-order valence-corrected chi connectivity index (χ0v) is 12.1. The molecule has 1 aromatic carbocycles. The fourth-order valence-electron chi connectivity index (χ4n) is 1.57. The number of carboxylic acids is 1. The molecular formula is C14H8BrN3O3. The van der Waals surface area contributed by atoms with Crippen LogP contribution in [0.1, 0.15) is 26.4 Å². The summed E-state index contributed by atoms with van der Waals surface area (Å²) in [4.78, 5) is 26.5. The van der Waals surface area contributed by atoms with Gasteiger partial charge in [0.25, 0.3) is 5.91 Å². The van der Waals surface area contributed by atoms with Crippen LogP contribution in [0.2, 0.25) is 0 Å². The van der Waals surface area contributed by atoms with E-state index in [2.05, 4.69) is 26.2 Å². The van der Waals surface area contributed by atoms with Crippen LogP contribution in [0.4, 0.5) is 5.69 Å². The maximum absolute atomic E-state index is 12.1. The number of halogens is 1. The number of carbonyl (C=O) groups excluding carboxylic acids is 1. The van der Waals surface area contributed by atoms with E-state index in [-0.39, 0.29) is 11.3 Å². The summed E-state index contributed by atoms with van der Waals surface area (Å²) in [6.45, 7) is 0. The van der Waals surface area contributed by atoms with Gasteiger partial charge in [0.05, 0.1) is 17.3 Å². The fraction of sp³-hybridized carbons (Fsp3) is 0. The van der Waals surface area contributed by atoms with Crippen LogP contribution in [0, 0.1) is 11.3 Å². The average molecular weight is 346 g/mol. The van der Waals surface area contributed by atoms with Crippen LogP contribution in [0.15, 0.2) is 41.0 Å². The van der Waals surface area contributed by atoms with E-state index in [1.807, 2.05) is 6.07 Å². The molecule has 7 heteroatoms. The van der Waals surface area contributed by atoms with Gasteiger partial charge in [-0.3, -0.25) is 4.79 Å². The van der Waals surface area contributed by atoms with Gasteiger partial charge in [0.2, 0.25) is 0 Å². The summed E-state index contributed by atoms with van der Waals surface area (Å²) in [7, 11) is 0. The first-order valence-electron chi connectivity index (χ1n) is 5.71. The number of rotatable bonds is 3. The first-order chi connectivity index (χ1) is 10.0. The number of hydrogen-bond donors (Lipinski definition) is 2. The van der Waals surface area contributed by atoms with Crippen molar-refractivity contribution in [1.29, 1.82) is 5.26 Å². The molecule has 0 saturated heterocycles. The molecule has 1 heterocycles. The van der Waals surface area contributed by atoms with E-state index in [9.17, 15) is 9.59 Å². The zero-order valence-electron chi connectivity index (χ0n) is 10.5. The second kappa shape index (κ2) is 6.15. The molecular weight excluding hydrogens is 338 g/mol. The fourth-order valence-corrected chi connectivity index (χ4v) is 2.05. The normalized spacial score (nSPS) is 9.71. The number of nitriles is 1. The van der Waals surface area contributed by atoms with Crippen molar-refractivity contribution >= 4 is 33.5 Å². The monoisotopic (exact) mass is 345 g/mol. The van der Waals surface area contributed by atoms with E-state index >= 15 is 0 Å². The SMILES string of the molecule is N#Cc1ccc(NC(=O)c2ccnc(C(=O)O)c2)c(Br)c1. The Balaban J connectivity index is 2.24. The number of nitrogens with one attached hydrogen (secondary N) is 1. The summed E-state index contributed by atoms with van der Waals surface area (Å²) < 4.78 is 0.558. The second-order valence-corrected chi connectivity index (χ2v) is 4.85. The zero-order chi connectivity index (χ0) is 15.4. The Morgan fingerprint density at radius 3 is 2.67 bits per heavy atom. The van der Waals surface area contributed by atoms with Crippen LogP contribution in [-0.2, 0) is 0 Å². The summed E-state index contributed by atoms with van der Waals surface area (Å²) in [6, 6.07) is 9.31. The Morgan fingerprint density at radius 2 is 2.05 bits per heavy atom. The van der Waals surface area contributed by atoms with Gasteiger partial charge in [0, 0.05) is 16.2 Å². The summed E-state index contributed by atoms with van der Waals surface area (Å²) in [6.07, 6.45) is 1.26. The third kappa shape index (κ3) is 3.43. The van der Waals surface area contributed by atoms with Gasteiger partial charge in [0.1, 0.15) is 5.69 Å². The molecule has 0 spiro atoms. The van der Waals surface area contributed by atoms with Crippen molar-refractivity contribution < 1.29 is 14.7 Å². The van der Waals surface area contributed by atoms with Crippen LogP contribution in [0.5, 0.6) is 0 Å². The number of anilines is 1. The summed E-state index contributed by atoms with van der Waals surface area (Å²) in [5.41, 5.74) is 0.907. The van der Waals surface area contributed by atoms with Crippen molar-refractivity contribution in [3.63, 3.8) is 0 Å². The molecule has 21 heavy (non-hydrogen) atoms. The molecule has 0 unspecified atom stereocenters. The van der Waals surface area contributed by atoms with E-state index in [1.165, 1.54) is 18.3 Å². The number of amides is 1. The number of carboxylic acid groups (broad SMARTS) is 1. The molecule has 0 saturated carbocycles. The minimum atomic E-state index is -1.20. The van der Waals surface area contributed by atoms with Gasteiger partial charge >= 0.3 is 5.97 Å². The highest BCUT2D eigenvalue weighted by molar-refractivity contribution is 9.10. The number of carbonyl (C=O) groups is 2. The van der Waals surface area contributed by atoms with Crippen molar-refractivity contribution in [3.05, 3.63) is 57.8 Å². The Bertz CT molecular complexity index is 768. The van der Waals surface area contributed by atoms with E-state index < -0.39 is 11.9 Å². The summed E-state index contributed by atoms with van der Waals surface area (Å²) in [5.74, 6) is -1.67. The highest BCUT2D eigenvalue weighted by Crippen LogP contribution is 2.24. The highest BCUT2D eigenvalue weighted by atomic mass is 79.9. The van der Waals surface area contributed by atoms with Gasteiger partial charge in [-0.2, -0.15) is 5.26 Å². The molecule has 2 rings (SSSR count). The summed E-state index contributed by atoms with van der Waals surface area (Å²) >= 11 is 3.25. The smallest absolute Gasteiger partial charge is 0.354 e. The Labute approximate surface area is 128 Å². The number of hydrogen-bond acceptors (Lipinski definition) is 4. The highest BCUT2D eigenvalue weighted by Gasteiger charge is 2.12. The van der Waals surface area contributed by atoms with E-state index in [1.54, 1.807) is 18.2 Å².